The largest absolute Gasteiger partial charge is 0.475 e. The maximum atomic E-state index is 9.08. The summed E-state index contributed by atoms with van der Waals surface area (Å²) in [6.45, 7) is 5.99. The zero-order valence-electron chi connectivity index (χ0n) is 9.27. The van der Waals surface area contributed by atoms with Gasteiger partial charge in [0.25, 0.3) is 0 Å². The van der Waals surface area contributed by atoms with E-state index in [-0.39, 0.29) is 6.10 Å². The molecule has 0 radical (unpaired) electrons. The molecule has 0 amide bonds. The molecule has 0 saturated heterocycles. The quantitative estimate of drug-likeness (QED) is 0.762. The van der Waals surface area contributed by atoms with Crippen LogP contribution >= 0.6 is 0 Å². The van der Waals surface area contributed by atoms with Crippen molar-refractivity contribution in [1.29, 1.82) is 0 Å². The summed E-state index contributed by atoms with van der Waals surface area (Å²) in [5, 5.41) is 12.0. The van der Waals surface area contributed by atoms with E-state index in [0.29, 0.717) is 18.4 Å². The molecule has 1 aromatic rings. The second-order valence-electron chi connectivity index (χ2n) is 3.62. The zero-order valence-corrected chi connectivity index (χ0v) is 9.27. The van der Waals surface area contributed by atoms with Gasteiger partial charge in [0.15, 0.2) is 0 Å². The molecule has 0 aliphatic carbocycles. The molecule has 1 aromatic heterocycles. The van der Waals surface area contributed by atoms with Crippen LogP contribution in [0.25, 0.3) is 0 Å². The van der Waals surface area contributed by atoms with E-state index in [0.717, 1.165) is 0 Å². The number of nitrogens with one attached hydrogen (secondary N) is 1. The lowest BCUT2D eigenvalue weighted by molar-refractivity contribution is 0.207. The van der Waals surface area contributed by atoms with E-state index < -0.39 is 6.10 Å². The first-order valence-electron chi connectivity index (χ1n) is 4.99. The van der Waals surface area contributed by atoms with Crippen LogP contribution in [0, 0.1) is 0 Å². The lowest BCUT2D eigenvalue weighted by atomic mass is 10.4. The third-order valence-corrected chi connectivity index (χ3v) is 1.54. The standard InChI is InChI=1S/C10H17N3O2/c1-7(2)15-9-4-5-11-10(13-9)12-6-8(3)14/h4-5,7-8,14H,6H2,1-3H3,(H,11,12,13). The van der Waals surface area contributed by atoms with Crippen LogP contribution in [-0.4, -0.2) is 33.8 Å². The van der Waals surface area contributed by atoms with E-state index in [4.69, 9.17) is 9.84 Å². The maximum Gasteiger partial charge on any atom is 0.226 e. The van der Waals surface area contributed by atoms with Gasteiger partial charge in [0.2, 0.25) is 11.8 Å². The summed E-state index contributed by atoms with van der Waals surface area (Å²) >= 11 is 0. The number of anilines is 1. The Balaban J connectivity index is 2.57. The lowest BCUT2D eigenvalue weighted by Crippen LogP contribution is -2.17. The molecular formula is C10H17N3O2. The highest BCUT2D eigenvalue weighted by atomic mass is 16.5. The van der Waals surface area contributed by atoms with Crippen LogP contribution in [0.2, 0.25) is 0 Å². The number of hydrogen-bond donors (Lipinski definition) is 2. The van der Waals surface area contributed by atoms with E-state index >= 15 is 0 Å². The fraction of sp³-hybridized carbons (Fsp3) is 0.600. The van der Waals surface area contributed by atoms with Crippen molar-refractivity contribution in [3.05, 3.63) is 12.3 Å². The minimum Gasteiger partial charge on any atom is -0.475 e. The van der Waals surface area contributed by atoms with Gasteiger partial charge in [0.1, 0.15) is 0 Å². The molecule has 0 saturated carbocycles. The summed E-state index contributed by atoms with van der Waals surface area (Å²) in [5.74, 6) is 1.00. The molecule has 1 atom stereocenters. The SMILES string of the molecule is CC(O)CNc1nccc(OC(C)C)n1. The average molecular weight is 211 g/mol. The normalized spacial score (nSPS) is 12.6. The van der Waals surface area contributed by atoms with Crippen molar-refractivity contribution in [3.63, 3.8) is 0 Å². The topological polar surface area (TPSA) is 67.3 Å². The molecule has 5 heteroatoms. The molecule has 1 rings (SSSR count). The first kappa shape index (κ1) is 11.7. The molecule has 0 aliphatic rings. The number of aliphatic hydroxyl groups excluding tert-OH is 1. The van der Waals surface area contributed by atoms with Crippen molar-refractivity contribution in [1.82, 2.24) is 9.97 Å². The number of aliphatic hydroxyl groups is 1. The Kier molecular flexibility index (Phi) is 4.30. The molecule has 1 heterocycles. The number of rotatable bonds is 5. The Labute approximate surface area is 89.5 Å². The monoisotopic (exact) mass is 211 g/mol. The Morgan fingerprint density at radius 3 is 2.80 bits per heavy atom. The first-order chi connectivity index (χ1) is 7.08. The average Bonchev–Trinajstić information content (AvgIpc) is 2.14. The predicted octanol–water partition coefficient (Wildman–Crippen LogP) is 1.06. The third kappa shape index (κ3) is 4.60. The molecule has 0 aliphatic heterocycles. The molecule has 15 heavy (non-hydrogen) atoms. The van der Waals surface area contributed by atoms with Crippen LogP contribution < -0.4 is 10.1 Å². The predicted molar refractivity (Wildman–Crippen MR) is 58.0 cm³/mol. The molecular weight excluding hydrogens is 194 g/mol. The summed E-state index contributed by atoms with van der Waals surface area (Å²) < 4.78 is 5.41. The first-order valence-corrected chi connectivity index (χ1v) is 4.99. The minimum absolute atomic E-state index is 0.0875. The summed E-state index contributed by atoms with van der Waals surface area (Å²) in [6.07, 6.45) is 1.28. The second kappa shape index (κ2) is 5.50. The van der Waals surface area contributed by atoms with Gasteiger partial charge in [-0.2, -0.15) is 4.98 Å². The van der Waals surface area contributed by atoms with Crippen molar-refractivity contribution in [2.45, 2.75) is 33.0 Å². The molecule has 0 fully saturated rings. The Bertz CT molecular complexity index is 302. The van der Waals surface area contributed by atoms with Crippen LogP contribution in [0.4, 0.5) is 5.95 Å². The number of nitrogens with zero attached hydrogens (tertiary/aromatic N) is 2. The molecule has 84 valence electrons. The van der Waals surface area contributed by atoms with Crippen molar-refractivity contribution in [3.8, 4) is 5.88 Å². The van der Waals surface area contributed by atoms with Gasteiger partial charge in [-0.1, -0.05) is 0 Å². The Morgan fingerprint density at radius 2 is 2.20 bits per heavy atom. The van der Waals surface area contributed by atoms with Gasteiger partial charge >= 0.3 is 0 Å². The number of ether oxygens (including phenoxy) is 1. The summed E-state index contributed by atoms with van der Waals surface area (Å²) in [5.41, 5.74) is 0. The van der Waals surface area contributed by atoms with Crippen molar-refractivity contribution in [2.75, 3.05) is 11.9 Å². The summed E-state index contributed by atoms with van der Waals surface area (Å²) in [4.78, 5) is 8.13. The van der Waals surface area contributed by atoms with Crippen molar-refractivity contribution in [2.24, 2.45) is 0 Å². The minimum atomic E-state index is -0.428. The van der Waals surface area contributed by atoms with Gasteiger partial charge in [-0.05, 0) is 20.8 Å². The molecule has 2 N–H and O–H groups in total. The highest BCUT2D eigenvalue weighted by molar-refractivity contribution is 5.27. The van der Waals surface area contributed by atoms with E-state index in [9.17, 15) is 0 Å². The summed E-state index contributed by atoms with van der Waals surface area (Å²) in [7, 11) is 0. The fourth-order valence-corrected chi connectivity index (χ4v) is 0.973. The molecule has 0 aromatic carbocycles. The van der Waals surface area contributed by atoms with Crippen LogP contribution in [0.15, 0.2) is 12.3 Å². The van der Waals surface area contributed by atoms with Crippen LogP contribution in [0.1, 0.15) is 20.8 Å². The van der Waals surface area contributed by atoms with Gasteiger partial charge in [-0.15, -0.1) is 0 Å². The number of aromatic nitrogens is 2. The Morgan fingerprint density at radius 1 is 1.47 bits per heavy atom. The highest BCUT2D eigenvalue weighted by Crippen LogP contribution is 2.09. The van der Waals surface area contributed by atoms with Gasteiger partial charge < -0.3 is 15.2 Å². The fourth-order valence-electron chi connectivity index (χ4n) is 0.973. The maximum absolute atomic E-state index is 9.08. The molecule has 0 bridgehead atoms. The van der Waals surface area contributed by atoms with E-state index in [1.807, 2.05) is 13.8 Å². The van der Waals surface area contributed by atoms with Crippen molar-refractivity contribution < 1.29 is 9.84 Å². The van der Waals surface area contributed by atoms with Gasteiger partial charge in [0.05, 0.1) is 12.2 Å². The second-order valence-corrected chi connectivity index (χ2v) is 3.62. The third-order valence-electron chi connectivity index (χ3n) is 1.54. The van der Waals surface area contributed by atoms with Crippen LogP contribution in [-0.2, 0) is 0 Å². The van der Waals surface area contributed by atoms with Gasteiger partial charge in [0, 0.05) is 18.8 Å². The molecule has 0 spiro atoms. The summed E-state index contributed by atoms with van der Waals surface area (Å²) in [6, 6.07) is 1.70. The van der Waals surface area contributed by atoms with E-state index in [1.54, 1.807) is 19.2 Å². The van der Waals surface area contributed by atoms with Gasteiger partial charge in [-0.3, -0.25) is 0 Å². The van der Waals surface area contributed by atoms with Crippen LogP contribution in [0.3, 0.4) is 0 Å². The molecule has 5 nitrogen and oxygen atoms in total. The van der Waals surface area contributed by atoms with Crippen LogP contribution in [0.5, 0.6) is 5.88 Å². The lowest BCUT2D eigenvalue weighted by Gasteiger charge is -2.10. The molecule has 1 unspecified atom stereocenters. The van der Waals surface area contributed by atoms with E-state index in [2.05, 4.69) is 15.3 Å². The zero-order chi connectivity index (χ0) is 11.3. The Hall–Kier alpha value is -1.36. The van der Waals surface area contributed by atoms with E-state index in [1.165, 1.54) is 0 Å². The highest BCUT2D eigenvalue weighted by Gasteiger charge is 2.02. The smallest absolute Gasteiger partial charge is 0.226 e. The van der Waals surface area contributed by atoms with Crippen molar-refractivity contribution >= 4 is 5.95 Å². The number of hydrogen-bond acceptors (Lipinski definition) is 5. The van der Waals surface area contributed by atoms with Gasteiger partial charge in [-0.25, -0.2) is 4.98 Å².